The number of hydrogen-bond acceptors (Lipinski definition) is 4. The average molecular weight is 241 g/mol. The van der Waals surface area contributed by atoms with Gasteiger partial charge in [0.25, 0.3) is 0 Å². The van der Waals surface area contributed by atoms with Gasteiger partial charge in [-0.25, -0.2) is 10.8 Å². The van der Waals surface area contributed by atoms with E-state index in [4.69, 9.17) is 5.84 Å². The molecule has 0 amide bonds. The predicted octanol–water partition coefficient (Wildman–Crippen LogP) is 3.31. The van der Waals surface area contributed by atoms with Gasteiger partial charge in [-0.2, -0.15) is 0 Å². The summed E-state index contributed by atoms with van der Waals surface area (Å²) in [5, 5.41) is 2.42. The lowest BCUT2D eigenvalue weighted by atomic mass is 10.3. The molecule has 2 N–H and O–H groups in total. The van der Waals surface area contributed by atoms with Crippen molar-refractivity contribution >= 4 is 32.4 Å². The third-order valence-electron chi connectivity index (χ3n) is 2.52. The van der Waals surface area contributed by atoms with Crippen molar-refractivity contribution in [2.24, 2.45) is 5.84 Å². The first-order valence-corrected chi connectivity index (χ1v) is 6.12. The maximum absolute atomic E-state index is 6.06. The van der Waals surface area contributed by atoms with E-state index in [2.05, 4.69) is 11.1 Å². The van der Waals surface area contributed by atoms with E-state index in [1.54, 1.807) is 16.3 Å². The van der Waals surface area contributed by atoms with E-state index in [9.17, 15) is 0 Å². The molecule has 0 spiro atoms. The van der Waals surface area contributed by atoms with Crippen LogP contribution in [-0.4, -0.2) is 4.98 Å². The molecule has 17 heavy (non-hydrogen) atoms. The Morgan fingerprint density at radius 2 is 1.65 bits per heavy atom. The molecular formula is C13H11N3S. The molecule has 0 unspecified atom stereocenters. The van der Waals surface area contributed by atoms with Gasteiger partial charge in [-0.3, -0.25) is 5.01 Å². The number of fused-ring (bicyclic) bond motifs is 1. The van der Waals surface area contributed by atoms with E-state index in [1.165, 1.54) is 0 Å². The number of aromatic nitrogens is 1. The van der Waals surface area contributed by atoms with Crippen LogP contribution in [0.1, 0.15) is 0 Å². The minimum atomic E-state index is 0.803. The van der Waals surface area contributed by atoms with Gasteiger partial charge in [-0.05, 0) is 24.3 Å². The molecule has 4 heteroatoms. The van der Waals surface area contributed by atoms with E-state index in [-0.39, 0.29) is 0 Å². The third-order valence-corrected chi connectivity index (χ3v) is 3.56. The summed E-state index contributed by atoms with van der Waals surface area (Å²) < 4.78 is 1.15. The van der Waals surface area contributed by atoms with Crippen LogP contribution in [0.2, 0.25) is 0 Å². The Labute approximate surface area is 103 Å². The van der Waals surface area contributed by atoms with Gasteiger partial charge < -0.3 is 0 Å². The van der Waals surface area contributed by atoms with Gasteiger partial charge in [0.05, 0.1) is 15.9 Å². The molecule has 0 radical (unpaired) electrons. The Bertz CT molecular complexity index is 600. The molecule has 0 atom stereocenters. The van der Waals surface area contributed by atoms with Gasteiger partial charge in [0.15, 0.2) is 0 Å². The molecule has 1 heterocycles. The third kappa shape index (κ3) is 1.88. The fourth-order valence-corrected chi connectivity index (χ4v) is 2.57. The second-order valence-electron chi connectivity index (χ2n) is 3.67. The number of nitrogens with zero attached hydrogens (tertiary/aromatic N) is 2. The van der Waals surface area contributed by atoms with Gasteiger partial charge >= 0.3 is 0 Å². The molecule has 0 aliphatic rings. The molecule has 1 aromatic heterocycles. The zero-order valence-electron chi connectivity index (χ0n) is 9.08. The van der Waals surface area contributed by atoms with Crippen LogP contribution in [0.5, 0.6) is 0 Å². The molecular weight excluding hydrogens is 230 g/mol. The van der Waals surface area contributed by atoms with E-state index in [0.29, 0.717) is 0 Å². The van der Waals surface area contributed by atoms with Crippen molar-refractivity contribution in [3.8, 4) is 0 Å². The number of hydrazine groups is 1. The number of para-hydroxylation sites is 2. The Morgan fingerprint density at radius 3 is 2.41 bits per heavy atom. The lowest BCUT2D eigenvalue weighted by Gasteiger charge is -2.14. The molecule has 3 rings (SSSR count). The number of thiazole rings is 1. The molecule has 0 aliphatic carbocycles. The van der Waals surface area contributed by atoms with Gasteiger partial charge in [-0.15, -0.1) is 0 Å². The van der Waals surface area contributed by atoms with Crippen LogP contribution in [0.3, 0.4) is 0 Å². The lowest BCUT2D eigenvalue weighted by molar-refractivity contribution is 1.07. The first-order valence-electron chi connectivity index (χ1n) is 5.30. The first kappa shape index (κ1) is 10.3. The van der Waals surface area contributed by atoms with Crippen LogP contribution in [0.25, 0.3) is 10.2 Å². The van der Waals surface area contributed by atoms with E-state index in [0.717, 1.165) is 21.0 Å². The van der Waals surface area contributed by atoms with Crippen LogP contribution < -0.4 is 10.9 Å². The lowest BCUT2D eigenvalue weighted by Crippen LogP contribution is -2.24. The zero-order chi connectivity index (χ0) is 11.7. The molecule has 0 fully saturated rings. The van der Waals surface area contributed by atoms with Crippen molar-refractivity contribution in [3.63, 3.8) is 0 Å². The minimum absolute atomic E-state index is 0.803. The van der Waals surface area contributed by atoms with Crippen LogP contribution in [0.15, 0.2) is 54.6 Å². The maximum Gasteiger partial charge on any atom is 0.205 e. The SMILES string of the molecule is NN(c1ccccc1)c1nc2ccccc2s1. The largest absolute Gasteiger partial charge is 0.254 e. The molecule has 0 bridgehead atoms. The van der Waals surface area contributed by atoms with E-state index in [1.807, 2.05) is 48.5 Å². The van der Waals surface area contributed by atoms with E-state index < -0.39 is 0 Å². The fourth-order valence-electron chi connectivity index (χ4n) is 1.66. The Morgan fingerprint density at radius 1 is 0.941 bits per heavy atom. The number of hydrogen-bond donors (Lipinski definition) is 1. The second-order valence-corrected chi connectivity index (χ2v) is 4.68. The normalized spacial score (nSPS) is 10.6. The van der Waals surface area contributed by atoms with Crippen LogP contribution in [0, 0.1) is 0 Å². The van der Waals surface area contributed by atoms with Gasteiger partial charge in [-0.1, -0.05) is 41.7 Å². The van der Waals surface area contributed by atoms with Crippen molar-refractivity contribution in [3.05, 3.63) is 54.6 Å². The Hall–Kier alpha value is -1.91. The van der Waals surface area contributed by atoms with Crippen LogP contribution >= 0.6 is 11.3 Å². The standard InChI is InChI=1S/C13H11N3S/c14-16(10-6-2-1-3-7-10)13-15-11-8-4-5-9-12(11)17-13/h1-9H,14H2. The summed E-state index contributed by atoms with van der Waals surface area (Å²) in [5.74, 6) is 6.06. The minimum Gasteiger partial charge on any atom is -0.254 e. The highest BCUT2D eigenvalue weighted by atomic mass is 32.1. The molecule has 0 saturated carbocycles. The summed E-state index contributed by atoms with van der Waals surface area (Å²) in [4.78, 5) is 4.51. The smallest absolute Gasteiger partial charge is 0.205 e. The first-order chi connectivity index (χ1) is 8.34. The number of anilines is 2. The van der Waals surface area contributed by atoms with Gasteiger partial charge in [0.2, 0.25) is 5.13 Å². The van der Waals surface area contributed by atoms with Gasteiger partial charge in [0.1, 0.15) is 0 Å². The zero-order valence-corrected chi connectivity index (χ0v) is 9.89. The van der Waals surface area contributed by atoms with E-state index >= 15 is 0 Å². The predicted molar refractivity (Wildman–Crippen MR) is 72.4 cm³/mol. The highest BCUT2D eigenvalue weighted by Gasteiger charge is 2.09. The van der Waals surface area contributed by atoms with Crippen LogP contribution in [-0.2, 0) is 0 Å². The molecule has 3 aromatic rings. The summed E-state index contributed by atoms with van der Waals surface area (Å²) >= 11 is 1.59. The molecule has 3 nitrogen and oxygen atoms in total. The molecule has 84 valence electrons. The summed E-state index contributed by atoms with van der Waals surface area (Å²) in [5.41, 5.74) is 1.92. The average Bonchev–Trinajstić information content (AvgIpc) is 2.82. The number of benzene rings is 2. The fraction of sp³-hybridized carbons (Fsp3) is 0. The molecule has 2 aromatic carbocycles. The van der Waals surface area contributed by atoms with Crippen molar-refractivity contribution < 1.29 is 0 Å². The Kier molecular flexibility index (Phi) is 2.51. The highest BCUT2D eigenvalue weighted by Crippen LogP contribution is 2.30. The number of nitrogens with two attached hydrogens (primary N) is 1. The monoisotopic (exact) mass is 241 g/mol. The topological polar surface area (TPSA) is 42.1 Å². The van der Waals surface area contributed by atoms with Crippen molar-refractivity contribution in [1.82, 2.24) is 4.98 Å². The summed E-state index contributed by atoms with van der Waals surface area (Å²) in [6.45, 7) is 0. The summed E-state index contributed by atoms with van der Waals surface area (Å²) in [6, 6.07) is 17.9. The highest BCUT2D eigenvalue weighted by molar-refractivity contribution is 7.22. The summed E-state index contributed by atoms with van der Waals surface area (Å²) in [7, 11) is 0. The van der Waals surface area contributed by atoms with Crippen molar-refractivity contribution in [2.75, 3.05) is 5.01 Å². The van der Waals surface area contributed by atoms with Crippen LogP contribution in [0.4, 0.5) is 10.8 Å². The second kappa shape index (κ2) is 4.16. The Balaban J connectivity index is 2.04. The van der Waals surface area contributed by atoms with Crippen molar-refractivity contribution in [1.29, 1.82) is 0 Å². The van der Waals surface area contributed by atoms with Gasteiger partial charge in [0, 0.05) is 0 Å². The maximum atomic E-state index is 6.06. The summed E-state index contributed by atoms with van der Waals surface area (Å²) in [6.07, 6.45) is 0. The molecule has 0 saturated heterocycles. The number of rotatable bonds is 2. The van der Waals surface area contributed by atoms with Crippen molar-refractivity contribution in [2.45, 2.75) is 0 Å². The quantitative estimate of drug-likeness (QED) is 0.553. The molecule has 0 aliphatic heterocycles.